The predicted molar refractivity (Wildman–Crippen MR) is 202 cm³/mol. The highest BCUT2D eigenvalue weighted by atomic mass is 28.3. The second-order valence-corrected chi connectivity index (χ2v) is 18.2. The van der Waals surface area contributed by atoms with Crippen molar-refractivity contribution in [2.75, 3.05) is 9.80 Å². The summed E-state index contributed by atoms with van der Waals surface area (Å²) >= 11 is 0. The Balaban J connectivity index is 1.54. The molecule has 0 atom stereocenters. The zero-order valence-corrected chi connectivity index (χ0v) is 27.5. The number of anilines is 6. The summed E-state index contributed by atoms with van der Waals surface area (Å²) in [6.45, 7) is 7.31. The SMILES string of the molecule is C[Si](C)(C)c1cc2ccc3c(N(c4ccccc4)c4ccccc4)cc(N(c4ccccc4)c4ccccc4)c4ccc(c1)c2c34. The van der Waals surface area contributed by atoms with Crippen molar-refractivity contribution in [1.82, 2.24) is 0 Å². The first-order valence-corrected chi connectivity index (χ1v) is 19.5. The fourth-order valence-electron chi connectivity index (χ4n) is 6.84. The van der Waals surface area contributed by atoms with Gasteiger partial charge in [-0.2, -0.15) is 0 Å². The zero-order valence-electron chi connectivity index (χ0n) is 26.5. The first-order chi connectivity index (χ1) is 22.5. The summed E-state index contributed by atoms with van der Waals surface area (Å²) in [7, 11) is -1.53. The molecule has 8 rings (SSSR count). The topological polar surface area (TPSA) is 6.48 Å². The van der Waals surface area contributed by atoms with Gasteiger partial charge in [-0.1, -0.05) is 134 Å². The molecule has 222 valence electrons. The Morgan fingerprint density at radius 1 is 0.370 bits per heavy atom. The van der Waals surface area contributed by atoms with Gasteiger partial charge in [0.1, 0.15) is 0 Å². The van der Waals surface area contributed by atoms with Gasteiger partial charge in [0.15, 0.2) is 0 Å². The molecular formula is C43H36N2Si. The molecule has 8 aromatic rings. The molecule has 0 heterocycles. The van der Waals surface area contributed by atoms with E-state index >= 15 is 0 Å². The Hall–Kier alpha value is -5.38. The van der Waals surface area contributed by atoms with Crippen LogP contribution < -0.4 is 15.0 Å². The lowest BCUT2D eigenvalue weighted by atomic mass is 9.91. The summed E-state index contributed by atoms with van der Waals surface area (Å²) in [5.41, 5.74) is 6.81. The summed E-state index contributed by atoms with van der Waals surface area (Å²) in [5.74, 6) is 0. The van der Waals surface area contributed by atoms with Crippen molar-refractivity contribution in [3.63, 3.8) is 0 Å². The van der Waals surface area contributed by atoms with Crippen molar-refractivity contribution in [2.24, 2.45) is 0 Å². The van der Waals surface area contributed by atoms with Crippen molar-refractivity contribution in [3.8, 4) is 0 Å². The number of nitrogens with zero attached hydrogens (tertiary/aromatic N) is 2. The van der Waals surface area contributed by atoms with Crippen LogP contribution in [0.15, 0.2) is 164 Å². The van der Waals surface area contributed by atoms with Crippen molar-refractivity contribution in [3.05, 3.63) is 164 Å². The van der Waals surface area contributed by atoms with Gasteiger partial charge >= 0.3 is 0 Å². The van der Waals surface area contributed by atoms with Crippen molar-refractivity contribution in [1.29, 1.82) is 0 Å². The van der Waals surface area contributed by atoms with E-state index in [0.29, 0.717) is 0 Å². The smallest absolute Gasteiger partial charge is 0.0776 e. The molecule has 0 aliphatic heterocycles. The molecule has 0 saturated heterocycles. The van der Waals surface area contributed by atoms with Gasteiger partial charge in [-0.05, 0) is 70.8 Å². The summed E-state index contributed by atoms with van der Waals surface area (Å²) in [4.78, 5) is 4.83. The third kappa shape index (κ3) is 4.81. The second kappa shape index (κ2) is 11.2. The minimum absolute atomic E-state index is 1.13. The van der Waals surface area contributed by atoms with E-state index < -0.39 is 8.07 Å². The van der Waals surface area contributed by atoms with Crippen molar-refractivity contribution >= 4 is 79.7 Å². The fraction of sp³-hybridized carbons (Fsp3) is 0.0698. The van der Waals surface area contributed by atoms with E-state index in [1.807, 2.05) is 0 Å². The van der Waals surface area contributed by atoms with Gasteiger partial charge in [0.25, 0.3) is 0 Å². The molecule has 2 nitrogen and oxygen atoms in total. The Morgan fingerprint density at radius 3 is 1.04 bits per heavy atom. The average Bonchev–Trinajstić information content (AvgIpc) is 3.09. The third-order valence-corrected chi connectivity index (χ3v) is 11.1. The molecule has 0 amide bonds. The third-order valence-electron chi connectivity index (χ3n) is 9.08. The average molecular weight is 609 g/mol. The van der Waals surface area contributed by atoms with Crippen LogP contribution in [0.3, 0.4) is 0 Å². The molecule has 0 fully saturated rings. The quantitative estimate of drug-likeness (QED) is 0.131. The van der Waals surface area contributed by atoms with Crippen LogP contribution in [0.5, 0.6) is 0 Å². The Labute approximate surface area is 272 Å². The molecule has 0 aliphatic carbocycles. The molecule has 0 saturated carbocycles. The number of hydrogen-bond donors (Lipinski definition) is 0. The Morgan fingerprint density at radius 2 is 0.717 bits per heavy atom. The lowest BCUT2D eigenvalue weighted by molar-refractivity contribution is 1.27. The normalized spacial score (nSPS) is 11.8. The van der Waals surface area contributed by atoms with Crippen LogP contribution in [-0.2, 0) is 0 Å². The van der Waals surface area contributed by atoms with E-state index in [1.165, 1.54) is 37.5 Å². The van der Waals surface area contributed by atoms with E-state index in [0.717, 1.165) is 34.1 Å². The van der Waals surface area contributed by atoms with E-state index in [2.05, 4.69) is 193 Å². The first-order valence-electron chi connectivity index (χ1n) is 16.0. The van der Waals surface area contributed by atoms with Crippen LogP contribution in [0.4, 0.5) is 34.1 Å². The van der Waals surface area contributed by atoms with Gasteiger partial charge in [-0.3, -0.25) is 0 Å². The van der Waals surface area contributed by atoms with E-state index in [-0.39, 0.29) is 0 Å². The number of hydrogen-bond acceptors (Lipinski definition) is 2. The van der Waals surface area contributed by atoms with Crippen molar-refractivity contribution < 1.29 is 0 Å². The van der Waals surface area contributed by atoms with Gasteiger partial charge in [0.05, 0.1) is 19.4 Å². The van der Waals surface area contributed by atoms with Crippen LogP contribution in [-0.4, -0.2) is 8.07 Å². The summed E-state index contributed by atoms with van der Waals surface area (Å²) in [6.07, 6.45) is 0. The monoisotopic (exact) mass is 608 g/mol. The summed E-state index contributed by atoms with van der Waals surface area (Å²) in [6, 6.07) is 59.7. The highest BCUT2D eigenvalue weighted by molar-refractivity contribution is 6.89. The van der Waals surface area contributed by atoms with Crippen LogP contribution in [0, 0.1) is 0 Å². The lowest BCUT2D eigenvalue weighted by Crippen LogP contribution is -2.37. The maximum atomic E-state index is 2.46. The standard InChI is InChI=1S/C43H36N2Si/c1-46(2,3)37-28-31-24-26-38-40(44(33-16-8-4-9-17-33)34-18-10-5-11-19-34)30-41(39-27-25-32(29-37)42(31)43(38)39)45(35-20-12-6-13-21-35)36-22-14-7-15-23-36/h4-30H,1-3H3. The van der Waals surface area contributed by atoms with Crippen molar-refractivity contribution in [2.45, 2.75) is 19.6 Å². The van der Waals surface area contributed by atoms with Gasteiger partial charge in [0.2, 0.25) is 0 Å². The lowest BCUT2D eigenvalue weighted by Gasteiger charge is -2.32. The second-order valence-electron chi connectivity index (χ2n) is 13.1. The maximum absolute atomic E-state index is 2.46. The molecule has 46 heavy (non-hydrogen) atoms. The minimum atomic E-state index is -1.53. The van der Waals surface area contributed by atoms with Gasteiger partial charge in [-0.15, -0.1) is 0 Å². The van der Waals surface area contributed by atoms with Gasteiger partial charge in [0, 0.05) is 38.9 Å². The molecular weight excluding hydrogens is 573 g/mol. The van der Waals surface area contributed by atoms with Gasteiger partial charge < -0.3 is 9.80 Å². The molecule has 0 aliphatic rings. The molecule has 0 radical (unpaired) electrons. The van der Waals surface area contributed by atoms with Crippen LogP contribution in [0.25, 0.3) is 32.3 Å². The predicted octanol–water partition coefficient (Wildman–Crippen LogP) is 12.1. The molecule has 0 unspecified atom stereocenters. The number of rotatable bonds is 7. The van der Waals surface area contributed by atoms with Crippen LogP contribution >= 0.6 is 0 Å². The Kier molecular flexibility index (Phi) is 6.85. The first kappa shape index (κ1) is 28.1. The molecule has 0 bridgehead atoms. The minimum Gasteiger partial charge on any atom is -0.310 e. The highest BCUT2D eigenvalue weighted by Gasteiger charge is 2.25. The molecule has 3 heteroatoms. The number of benzene rings is 8. The zero-order chi connectivity index (χ0) is 31.3. The largest absolute Gasteiger partial charge is 0.310 e. The highest BCUT2D eigenvalue weighted by Crippen LogP contribution is 2.49. The van der Waals surface area contributed by atoms with E-state index in [9.17, 15) is 0 Å². The summed E-state index contributed by atoms with van der Waals surface area (Å²) in [5, 5.41) is 9.24. The van der Waals surface area contributed by atoms with Crippen LogP contribution in [0.2, 0.25) is 19.6 Å². The van der Waals surface area contributed by atoms with Gasteiger partial charge in [-0.25, -0.2) is 0 Å². The summed E-state index contributed by atoms with van der Waals surface area (Å²) < 4.78 is 0. The van der Waals surface area contributed by atoms with E-state index in [1.54, 1.807) is 0 Å². The Bertz CT molecular complexity index is 2050. The molecule has 0 spiro atoms. The van der Waals surface area contributed by atoms with Crippen LogP contribution in [0.1, 0.15) is 0 Å². The number of para-hydroxylation sites is 4. The molecule has 8 aromatic carbocycles. The maximum Gasteiger partial charge on any atom is 0.0776 e. The molecule has 0 N–H and O–H groups in total. The van der Waals surface area contributed by atoms with E-state index in [4.69, 9.17) is 0 Å². The fourth-order valence-corrected chi connectivity index (χ4v) is 8.02. The molecule has 0 aromatic heterocycles.